The van der Waals surface area contributed by atoms with Crippen LogP contribution in [0.15, 0.2) is 6.20 Å². The fourth-order valence-corrected chi connectivity index (χ4v) is 2.08. The molecule has 96 valence electrons. The lowest BCUT2D eigenvalue weighted by molar-refractivity contribution is 0.330. The summed E-state index contributed by atoms with van der Waals surface area (Å²) in [6.07, 6.45) is 4.13. The van der Waals surface area contributed by atoms with Crippen molar-refractivity contribution in [2.75, 3.05) is 5.73 Å². The summed E-state index contributed by atoms with van der Waals surface area (Å²) in [5.74, 6) is 1.95. The molecule has 0 aliphatic heterocycles. The van der Waals surface area contributed by atoms with Crippen LogP contribution in [0.1, 0.15) is 45.4 Å². The first kappa shape index (κ1) is 11.4. The van der Waals surface area contributed by atoms with E-state index < -0.39 is 0 Å². The molecule has 1 aliphatic rings. The summed E-state index contributed by atoms with van der Waals surface area (Å²) >= 11 is 0. The van der Waals surface area contributed by atoms with Crippen LogP contribution in [-0.4, -0.2) is 19.7 Å². The van der Waals surface area contributed by atoms with Gasteiger partial charge in [0.25, 0.3) is 0 Å². The molecule has 0 saturated heterocycles. The molecule has 0 spiro atoms. The number of nitrogens with zero attached hydrogens (tertiary/aromatic N) is 4. The highest BCUT2D eigenvalue weighted by Crippen LogP contribution is 2.39. The third kappa shape index (κ3) is 2.05. The van der Waals surface area contributed by atoms with E-state index in [0.717, 1.165) is 23.4 Å². The highest BCUT2D eigenvalue weighted by molar-refractivity contribution is 5.85. The van der Waals surface area contributed by atoms with Crippen LogP contribution in [-0.2, 0) is 6.54 Å². The summed E-state index contributed by atoms with van der Waals surface area (Å²) in [6, 6.07) is 0. The Morgan fingerprint density at radius 2 is 2.06 bits per heavy atom. The minimum atomic E-state index is 0.165. The molecule has 5 nitrogen and oxygen atoms in total. The van der Waals surface area contributed by atoms with Crippen LogP contribution in [0.3, 0.4) is 0 Å². The van der Waals surface area contributed by atoms with E-state index >= 15 is 0 Å². The predicted molar refractivity (Wildman–Crippen MR) is 71.2 cm³/mol. The van der Waals surface area contributed by atoms with Crippen LogP contribution >= 0.6 is 0 Å². The summed E-state index contributed by atoms with van der Waals surface area (Å²) in [5.41, 5.74) is 7.03. The number of hydrogen-bond donors (Lipinski definition) is 1. The monoisotopic (exact) mass is 245 g/mol. The predicted octanol–water partition coefficient (Wildman–Crippen LogP) is 2.33. The van der Waals surface area contributed by atoms with E-state index in [0.29, 0.717) is 11.7 Å². The van der Waals surface area contributed by atoms with Crippen LogP contribution in [0, 0.1) is 5.41 Å². The van der Waals surface area contributed by atoms with Crippen molar-refractivity contribution in [3.05, 3.63) is 12.0 Å². The van der Waals surface area contributed by atoms with E-state index in [2.05, 4.69) is 35.8 Å². The molecule has 0 atom stereocenters. The third-order valence-electron chi connectivity index (χ3n) is 3.11. The van der Waals surface area contributed by atoms with E-state index in [1.807, 2.05) is 4.68 Å². The molecule has 2 heterocycles. The van der Waals surface area contributed by atoms with E-state index in [1.54, 1.807) is 6.20 Å². The molecule has 0 unspecified atom stereocenters. The molecule has 1 fully saturated rings. The average Bonchev–Trinajstić information content (AvgIpc) is 3.02. The summed E-state index contributed by atoms with van der Waals surface area (Å²) in [6.45, 7) is 7.39. The van der Waals surface area contributed by atoms with Crippen molar-refractivity contribution in [3.8, 4) is 0 Å². The molecule has 5 heteroatoms. The molecule has 2 aromatic rings. The van der Waals surface area contributed by atoms with Crippen LogP contribution in [0.5, 0.6) is 0 Å². The molecule has 3 rings (SSSR count). The fraction of sp³-hybridized carbons (Fsp3) is 0.615. The second-order valence-corrected chi connectivity index (χ2v) is 6.34. The zero-order valence-electron chi connectivity index (χ0n) is 11.1. The van der Waals surface area contributed by atoms with Gasteiger partial charge in [0, 0.05) is 12.5 Å². The Bertz CT molecular complexity index is 589. The highest BCUT2D eigenvalue weighted by Gasteiger charge is 2.28. The first-order valence-electron chi connectivity index (χ1n) is 6.43. The first-order chi connectivity index (χ1) is 8.44. The van der Waals surface area contributed by atoms with Crippen molar-refractivity contribution in [3.63, 3.8) is 0 Å². The lowest BCUT2D eigenvalue weighted by atomic mass is 9.97. The molecular formula is C13H19N5. The zero-order chi connectivity index (χ0) is 12.9. The molecule has 0 bridgehead atoms. The van der Waals surface area contributed by atoms with Gasteiger partial charge in [-0.05, 0) is 18.3 Å². The standard InChI is InChI=1S/C13H19N5/c1-13(2,3)7-18-12-9(6-15-18)10(14)16-11(17-12)8-4-5-8/h6,8H,4-5,7H2,1-3H3,(H2,14,16,17). The normalized spacial score (nSPS) is 16.4. The van der Waals surface area contributed by atoms with Crippen LogP contribution < -0.4 is 5.73 Å². The largest absolute Gasteiger partial charge is 0.383 e. The van der Waals surface area contributed by atoms with E-state index in [-0.39, 0.29) is 5.41 Å². The quantitative estimate of drug-likeness (QED) is 0.881. The highest BCUT2D eigenvalue weighted by atomic mass is 15.3. The minimum Gasteiger partial charge on any atom is -0.383 e. The van der Waals surface area contributed by atoms with Gasteiger partial charge < -0.3 is 5.73 Å². The number of fused-ring (bicyclic) bond motifs is 1. The lowest BCUT2D eigenvalue weighted by Gasteiger charge is -2.18. The number of nitrogens with two attached hydrogens (primary N) is 1. The van der Waals surface area contributed by atoms with Gasteiger partial charge in [-0.25, -0.2) is 14.6 Å². The maximum absolute atomic E-state index is 6.00. The van der Waals surface area contributed by atoms with Gasteiger partial charge >= 0.3 is 0 Å². The second kappa shape index (κ2) is 3.67. The van der Waals surface area contributed by atoms with Gasteiger partial charge in [0.15, 0.2) is 5.65 Å². The Balaban J connectivity index is 2.10. The van der Waals surface area contributed by atoms with Gasteiger partial charge in [0.1, 0.15) is 11.6 Å². The maximum atomic E-state index is 6.00. The molecule has 1 aliphatic carbocycles. The van der Waals surface area contributed by atoms with Gasteiger partial charge in [-0.15, -0.1) is 0 Å². The van der Waals surface area contributed by atoms with E-state index in [1.165, 1.54) is 12.8 Å². The van der Waals surface area contributed by atoms with Crippen molar-refractivity contribution in [2.45, 2.75) is 46.1 Å². The number of nitrogen functional groups attached to an aromatic ring is 1. The second-order valence-electron chi connectivity index (χ2n) is 6.34. The summed E-state index contributed by atoms with van der Waals surface area (Å²) in [7, 11) is 0. The number of rotatable bonds is 2. The van der Waals surface area contributed by atoms with Gasteiger partial charge in [-0.2, -0.15) is 5.10 Å². The van der Waals surface area contributed by atoms with Crippen LogP contribution in [0.4, 0.5) is 5.82 Å². The Morgan fingerprint density at radius 1 is 1.33 bits per heavy atom. The molecule has 2 aromatic heterocycles. The van der Waals surface area contributed by atoms with Gasteiger partial charge in [-0.3, -0.25) is 0 Å². The van der Waals surface area contributed by atoms with Gasteiger partial charge in [-0.1, -0.05) is 20.8 Å². The number of hydrogen-bond acceptors (Lipinski definition) is 4. The molecule has 0 amide bonds. The molecule has 0 aromatic carbocycles. The van der Waals surface area contributed by atoms with Gasteiger partial charge in [0.05, 0.1) is 11.6 Å². The van der Waals surface area contributed by atoms with Crippen molar-refractivity contribution in [2.24, 2.45) is 5.41 Å². The van der Waals surface area contributed by atoms with E-state index in [4.69, 9.17) is 5.73 Å². The third-order valence-corrected chi connectivity index (χ3v) is 3.11. The summed E-state index contributed by atoms with van der Waals surface area (Å²) < 4.78 is 1.94. The van der Waals surface area contributed by atoms with Crippen molar-refractivity contribution in [1.82, 2.24) is 19.7 Å². The number of aromatic nitrogens is 4. The molecule has 1 saturated carbocycles. The summed E-state index contributed by atoms with van der Waals surface area (Å²) in [4.78, 5) is 9.04. The Hall–Kier alpha value is -1.65. The van der Waals surface area contributed by atoms with E-state index in [9.17, 15) is 0 Å². The Morgan fingerprint density at radius 3 is 2.67 bits per heavy atom. The first-order valence-corrected chi connectivity index (χ1v) is 6.43. The minimum absolute atomic E-state index is 0.165. The average molecular weight is 245 g/mol. The van der Waals surface area contributed by atoms with Crippen molar-refractivity contribution in [1.29, 1.82) is 0 Å². The molecule has 2 N–H and O–H groups in total. The van der Waals surface area contributed by atoms with Gasteiger partial charge in [0.2, 0.25) is 0 Å². The van der Waals surface area contributed by atoms with Crippen molar-refractivity contribution >= 4 is 16.9 Å². The number of anilines is 1. The fourth-order valence-electron chi connectivity index (χ4n) is 2.08. The smallest absolute Gasteiger partial charge is 0.163 e. The maximum Gasteiger partial charge on any atom is 0.163 e. The van der Waals surface area contributed by atoms with Crippen LogP contribution in [0.2, 0.25) is 0 Å². The topological polar surface area (TPSA) is 69.6 Å². The lowest BCUT2D eigenvalue weighted by Crippen LogP contribution is -2.17. The molecular weight excluding hydrogens is 226 g/mol. The SMILES string of the molecule is CC(C)(C)Cn1ncc2c(N)nc(C3CC3)nc21. The Kier molecular flexibility index (Phi) is 2.33. The van der Waals surface area contributed by atoms with Crippen molar-refractivity contribution < 1.29 is 0 Å². The Labute approximate surface area is 106 Å². The van der Waals surface area contributed by atoms with Crippen LogP contribution in [0.25, 0.3) is 11.0 Å². The molecule has 18 heavy (non-hydrogen) atoms. The zero-order valence-corrected chi connectivity index (χ0v) is 11.1. The molecule has 0 radical (unpaired) electrons. The summed E-state index contributed by atoms with van der Waals surface area (Å²) in [5, 5.41) is 5.26.